The second-order valence-corrected chi connectivity index (χ2v) is 3.22. The van der Waals surface area contributed by atoms with E-state index >= 15 is 0 Å². The van der Waals surface area contributed by atoms with Gasteiger partial charge in [-0.15, -0.1) is 0 Å². The van der Waals surface area contributed by atoms with Crippen LogP contribution in [-0.4, -0.2) is 15.0 Å². The number of rotatable bonds is 1. The predicted molar refractivity (Wildman–Crippen MR) is 56.0 cm³/mol. The maximum absolute atomic E-state index is 5.74. The molecule has 0 aliphatic carbocycles. The third-order valence-electron chi connectivity index (χ3n) is 2.28. The molecule has 0 radical (unpaired) electrons. The maximum Gasteiger partial charge on any atom is 0.181 e. The number of aromatic nitrogens is 3. The van der Waals surface area contributed by atoms with Crippen molar-refractivity contribution in [3.63, 3.8) is 0 Å². The molecule has 0 bridgehead atoms. The van der Waals surface area contributed by atoms with E-state index in [2.05, 4.69) is 15.0 Å². The molecule has 0 saturated heterocycles. The molecule has 5 heteroatoms. The highest BCUT2D eigenvalue weighted by Crippen LogP contribution is 2.24. The van der Waals surface area contributed by atoms with Crippen LogP contribution >= 0.6 is 0 Å². The lowest BCUT2D eigenvalue weighted by Crippen LogP contribution is -1.89. The average Bonchev–Trinajstić information content (AvgIpc) is 2.86. The molecule has 0 aliphatic heterocycles. The Morgan fingerprint density at radius 1 is 1.33 bits per heavy atom. The smallest absolute Gasteiger partial charge is 0.181 e. The molecule has 5 nitrogen and oxygen atoms in total. The van der Waals surface area contributed by atoms with Gasteiger partial charge >= 0.3 is 0 Å². The number of hydrogen-bond acceptors (Lipinski definition) is 4. The monoisotopic (exact) mass is 200 g/mol. The third-order valence-corrected chi connectivity index (χ3v) is 2.28. The molecule has 74 valence electrons. The number of oxazole rings is 1. The summed E-state index contributed by atoms with van der Waals surface area (Å²) in [5.41, 5.74) is 8.19. The molecule has 0 saturated carbocycles. The van der Waals surface area contributed by atoms with Gasteiger partial charge in [-0.05, 0) is 12.1 Å². The van der Waals surface area contributed by atoms with Crippen LogP contribution in [0.2, 0.25) is 0 Å². The van der Waals surface area contributed by atoms with Crippen molar-refractivity contribution in [2.45, 2.75) is 0 Å². The first kappa shape index (κ1) is 8.05. The number of nitrogen functional groups attached to an aromatic ring is 1. The quantitative estimate of drug-likeness (QED) is 0.627. The Balaban J connectivity index is 2.27. The van der Waals surface area contributed by atoms with Gasteiger partial charge in [0.15, 0.2) is 6.39 Å². The van der Waals surface area contributed by atoms with Crippen LogP contribution in [0, 0.1) is 0 Å². The highest BCUT2D eigenvalue weighted by atomic mass is 16.3. The van der Waals surface area contributed by atoms with Gasteiger partial charge in [0.1, 0.15) is 17.8 Å². The minimum Gasteiger partial charge on any atom is -0.451 e. The van der Waals surface area contributed by atoms with Gasteiger partial charge in [-0.25, -0.2) is 9.97 Å². The van der Waals surface area contributed by atoms with Crippen LogP contribution in [0.15, 0.2) is 35.4 Å². The molecule has 0 unspecified atom stereocenters. The van der Waals surface area contributed by atoms with Gasteiger partial charge in [-0.2, -0.15) is 0 Å². The summed E-state index contributed by atoms with van der Waals surface area (Å²) in [7, 11) is 0. The van der Waals surface area contributed by atoms with Crippen LogP contribution in [0.25, 0.3) is 22.3 Å². The number of pyridine rings is 1. The number of nitrogens with zero attached hydrogens (tertiary/aromatic N) is 2. The molecule has 3 aromatic heterocycles. The summed E-state index contributed by atoms with van der Waals surface area (Å²) < 4.78 is 4.92. The SMILES string of the molecule is Nc1nccc2cc(-c3cocn3)[nH]c12. The van der Waals surface area contributed by atoms with Crippen molar-refractivity contribution in [3.05, 3.63) is 31.0 Å². The molecule has 3 aromatic rings. The van der Waals surface area contributed by atoms with E-state index < -0.39 is 0 Å². The molecule has 3 heterocycles. The van der Waals surface area contributed by atoms with Crippen LogP contribution in [0.5, 0.6) is 0 Å². The predicted octanol–water partition coefficient (Wildman–Crippen LogP) is 1.80. The lowest BCUT2D eigenvalue weighted by molar-refractivity contribution is 0.558. The van der Waals surface area contributed by atoms with E-state index in [0.717, 1.165) is 22.3 Å². The average molecular weight is 200 g/mol. The molecule has 0 aliphatic rings. The Bertz CT molecular complexity index is 597. The molecule has 0 fully saturated rings. The molecule has 0 amide bonds. The summed E-state index contributed by atoms with van der Waals surface area (Å²) >= 11 is 0. The van der Waals surface area contributed by atoms with Gasteiger partial charge in [0.05, 0.1) is 11.2 Å². The molecular formula is C10H8N4O. The van der Waals surface area contributed by atoms with Crippen molar-refractivity contribution < 1.29 is 4.42 Å². The zero-order chi connectivity index (χ0) is 10.3. The number of nitrogens with one attached hydrogen (secondary N) is 1. The normalized spacial score (nSPS) is 10.9. The van der Waals surface area contributed by atoms with Gasteiger partial charge in [0.2, 0.25) is 0 Å². The lowest BCUT2D eigenvalue weighted by atomic mass is 10.3. The molecule has 15 heavy (non-hydrogen) atoms. The third kappa shape index (κ3) is 1.17. The highest BCUT2D eigenvalue weighted by Gasteiger charge is 2.07. The number of H-pyrrole nitrogens is 1. The second kappa shape index (κ2) is 2.84. The van der Waals surface area contributed by atoms with E-state index in [-0.39, 0.29) is 0 Å². The van der Waals surface area contributed by atoms with E-state index in [1.807, 2.05) is 12.1 Å². The number of hydrogen-bond donors (Lipinski definition) is 2. The topological polar surface area (TPSA) is 80.7 Å². The maximum atomic E-state index is 5.74. The van der Waals surface area contributed by atoms with Gasteiger partial charge in [0, 0.05) is 11.6 Å². The van der Waals surface area contributed by atoms with E-state index in [9.17, 15) is 0 Å². The first-order valence-electron chi connectivity index (χ1n) is 4.46. The minimum absolute atomic E-state index is 0.488. The van der Waals surface area contributed by atoms with E-state index in [4.69, 9.17) is 10.2 Å². The molecule has 0 aromatic carbocycles. The fourth-order valence-electron chi connectivity index (χ4n) is 1.56. The Morgan fingerprint density at radius 3 is 3.00 bits per heavy atom. The Morgan fingerprint density at radius 2 is 2.27 bits per heavy atom. The summed E-state index contributed by atoms with van der Waals surface area (Å²) in [6.45, 7) is 0. The van der Waals surface area contributed by atoms with Gasteiger partial charge in [-0.1, -0.05) is 0 Å². The molecule has 3 N–H and O–H groups in total. The summed E-state index contributed by atoms with van der Waals surface area (Å²) in [4.78, 5) is 11.2. The summed E-state index contributed by atoms with van der Waals surface area (Å²) in [6.07, 6.45) is 4.65. The van der Waals surface area contributed by atoms with Crippen LogP contribution < -0.4 is 5.73 Å². The zero-order valence-corrected chi connectivity index (χ0v) is 7.77. The largest absolute Gasteiger partial charge is 0.451 e. The number of aromatic amines is 1. The van der Waals surface area contributed by atoms with Crippen LogP contribution in [-0.2, 0) is 0 Å². The zero-order valence-electron chi connectivity index (χ0n) is 7.77. The first-order chi connectivity index (χ1) is 7.34. The second-order valence-electron chi connectivity index (χ2n) is 3.22. The lowest BCUT2D eigenvalue weighted by Gasteiger charge is -1.92. The van der Waals surface area contributed by atoms with Crippen molar-refractivity contribution in [2.24, 2.45) is 0 Å². The number of anilines is 1. The van der Waals surface area contributed by atoms with Crippen molar-refractivity contribution in [2.75, 3.05) is 5.73 Å². The molecule has 0 spiro atoms. The molecule has 3 rings (SSSR count). The number of nitrogens with two attached hydrogens (primary N) is 1. The van der Waals surface area contributed by atoms with Crippen molar-refractivity contribution >= 4 is 16.7 Å². The van der Waals surface area contributed by atoms with Crippen molar-refractivity contribution in [1.82, 2.24) is 15.0 Å². The van der Waals surface area contributed by atoms with Gasteiger partial charge in [-0.3, -0.25) is 0 Å². The number of fused-ring (bicyclic) bond motifs is 1. The van der Waals surface area contributed by atoms with E-state index in [1.54, 1.807) is 12.5 Å². The van der Waals surface area contributed by atoms with Crippen molar-refractivity contribution in [3.8, 4) is 11.4 Å². The highest BCUT2D eigenvalue weighted by molar-refractivity contribution is 5.91. The molecule has 0 atom stereocenters. The summed E-state index contributed by atoms with van der Waals surface area (Å²) in [5, 5.41) is 1.01. The minimum atomic E-state index is 0.488. The van der Waals surface area contributed by atoms with Crippen LogP contribution in [0.3, 0.4) is 0 Å². The van der Waals surface area contributed by atoms with E-state index in [1.165, 1.54) is 6.39 Å². The summed E-state index contributed by atoms with van der Waals surface area (Å²) in [6, 6.07) is 3.86. The summed E-state index contributed by atoms with van der Waals surface area (Å²) in [5.74, 6) is 0.488. The van der Waals surface area contributed by atoms with Crippen molar-refractivity contribution in [1.29, 1.82) is 0 Å². The first-order valence-corrected chi connectivity index (χ1v) is 4.46. The van der Waals surface area contributed by atoms with Gasteiger partial charge in [0.25, 0.3) is 0 Å². The Hall–Kier alpha value is -2.30. The molecular weight excluding hydrogens is 192 g/mol. The van der Waals surface area contributed by atoms with Crippen LogP contribution in [0.4, 0.5) is 5.82 Å². The Labute approximate surface area is 85.0 Å². The Kier molecular flexibility index (Phi) is 1.53. The standard InChI is InChI=1S/C10H8N4O/c11-10-9-6(1-2-12-10)3-7(14-9)8-4-15-5-13-8/h1-5,14H,(H2,11,12). The van der Waals surface area contributed by atoms with E-state index in [0.29, 0.717) is 5.82 Å². The fourth-order valence-corrected chi connectivity index (χ4v) is 1.56. The van der Waals surface area contributed by atoms with Gasteiger partial charge < -0.3 is 15.1 Å². The van der Waals surface area contributed by atoms with Crippen LogP contribution in [0.1, 0.15) is 0 Å². The fraction of sp³-hybridized carbons (Fsp3) is 0.